The molecule has 6 heteroatoms. The van der Waals surface area contributed by atoms with Crippen LogP contribution in [0.2, 0.25) is 0 Å². The molecule has 0 unspecified atom stereocenters. The first-order valence-electron chi connectivity index (χ1n) is 7.32. The van der Waals surface area contributed by atoms with Crippen molar-refractivity contribution in [3.8, 4) is 0 Å². The molecule has 0 bridgehead atoms. The number of nitrogens with zero attached hydrogens (tertiary/aromatic N) is 3. The zero-order valence-corrected chi connectivity index (χ0v) is 13.6. The maximum absolute atomic E-state index is 11.9. The smallest absolute Gasteiger partial charge is 0.266 e. The predicted octanol–water partition coefficient (Wildman–Crippen LogP) is 3.14. The van der Waals surface area contributed by atoms with Gasteiger partial charge >= 0.3 is 0 Å². The molecule has 1 N–H and O–H groups in total. The Hall–Kier alpha value is -2.60. The molecule has 0 atom stereocenters. The Morgan fingerprint density at radius 2 is 1.96 bits per heavy atom. The quantitative estimate of drug-likeness (QED) is 0.615. The summed E-state index contributed by atoms with van der Waals surface area (Å²) in [6.07, 6.45) is 0.815. The van der Waals surface area contributed by atoms with Crippen molar-refractivity contribution in [2.75, 3.05) is 0 Å². The minimum Gasteiger partial charge on any atom is -0.266 e. The minimum absolute atomic E-state index is 0.209. The van der Waals surface area contributed by atoms with Gasteiger partial charge in [0.2, 0.25) is 0 Å². The van der Waals surface area contributed by atoms with Crippen LogP contribution >= 0.6 is 11.3 Å². The SMILES string of the molecule is Cc1nc2sc3c(=O)[nH]nnc3c2c(C)c1Cc1ccccc1. The molecule has 0 fully saturated rings. The van der Waals surface area contributed by atoms with Crippen molar-refractivity contribution < 1.29 is 0 Å². The van der Waals surface area contributed by atoms with Gasteiger partial charge < -0.3 is 0 Å². The molecule has 0 aliphatic heterocycles. The molecule has 4 aromatic rings. The fourth-order valence-electron chi connectivity index (χ4n) is 2.95. The second kappa shape index (κ2) is 5.24. The van der Waals surface area contributed by atoms with E-state index < -0.39 is 0 Å². The van der Waals surface area contributed by atoms with E-state index in [1.165, 1.54) is 22.5 Å². The molecule has 4 rings (SSSR count). The van der Waals surface area contributed by atoms with Gasteiger partial charge in [-0.15, -0.1) is 16.4 Å². The molecule has 3 heterocycles. The maximum Gasteiger partial charge on any atom is 0.285 e. The first-order valence-corrected chi connectivity index (χ1v) is 8.14. The van der Waals surface area contributed by atoms with Crippen LogP contribution in [0.25, 0.3) is 20.4 Å². The second-order valence-electron chi connectivity index (χ2n) is 5.56. The highest BCUT2D eigenvalue weighted by Crippen LogP contribution is 2.34. The Kier molecular flexibility index (Phi) is 3.20. The number of aromatic amines is 1. The van der Waals surface area contributed by atoms with E-state index in [1.807, 2.05) is 25.1 Å². The standard InChI is InChI=1S/C17H14N4OS/c1-9-12(8-11-6-4-3-5-7-11)10(2)18-17-13(9)14-15(23-17)16(22)20-21-19-14/h3-7H,8H2,1-2H3,(H,19,20,22). The number of rotatable bonds is 2. The van der Waals surface area contributed by atoms with Crippen LogP contribution in [0.15, 0.2) is 35.1 Å². The van der Waals surface area contributed by atoms with Gasteiger partial charge in [0, 0.05) is 11.1 Å². The van der Waals surface area contributed by atoms with Gasteiger partial charge in [-0.1, -0.05) is 35.5 Å². The summed E-state index contributed by atoms with van der Waals surface area (Å²) in [6.45, 7) is 4.09. The summed E-state index contributed by atoms with van der Waals surface area (Å²) >= 11 is 1.37. The van der Waals surface area contributed by atoms with Crippen LogP contribution in [0, 0.1) is 13.8 Å². The van der Waals surface area contributed by atoms with Crippen molar-refractivity contribution in [1.29, 1.82) is 0 Å². The van der Waals surface area contributed by atoms with E-state index in [0.29, 0.717) is 10.2 Å². The summed E-state index contributed by atoms with van der Waals surface area (Å²) in [7, 11) is 0. The molecule has 114 valence electrons. The van der Waals surface area contributed by atoms with Crippen LogP contribution < -0.4 is 5.56 Å². The monoisotopic (exact) mass is 322 g/mol. The van der Waals surface area contributed by atoms with Gasteiger partial charge in [0.05, 0.1) is 0 Å². The highest BCUT2D eigenvalue weighted by atomic mass is 32.1. The zero-order chi connectivity index (χ0) is 16.0. The molecular weight excluding hydrogens is 308 g/mol. The molecule has 1 aromatic carbocycles. The summed E-state index contributed by atoms with van der Waals surface area (Å²) < 4.78 is 0.585. The highest BCUT2D eigenvalue weighted by Gasteiger charge is 2.17. The topological polar surface area (TPSA) is 71.5 Å². The number of hydrogen-bond acceptors (Lipinski definition) is 5. The van der Waals surface area contributed by atoms with Crippen molar-refractivity contribution >= 4 is 31.8 Å². The van der Waals surface area contributed by atoms with Crippen molar-refractivity contribution in [3.05, 3.63) is 63.1 Å². The number of fused-ring (bicyclic) bond motifs is 3. The van der Waals surface area contributed by atoms with Gasteiger partial charge in [0.1, 0.15) is 15.0 Å². The van der Waals surface area contributed by atoms with E-state index in [1.54, 1.807) is 0 Å². The third-order valence-electron chi connectivity index (χ3n) is 4.13. The summed E-state index contributed by atoms with van der Waals surface area (Å²) in [5.74, 6) is 0. The summed E-state index contributed by atoms with van der Waals surface area (Å²) in [6, 6.07) is 10.3. The molecule has 0 aliphatic carbocycles. The molecule has 3 aromatic heterocycles. The van der Waals surface area contributed by atoms with E-state index >= 15 is 0 Å². The number of aromatic nitrogens is 4. The highest BCUT2D eigenvalue weighted by molar-refractivity contribution is 7.25. The van der Waals surface area contributed by atoms with Crippen molar-refractivity contribution in [2.45, 2.75) is 20.3 Å². The fraction of sp³-hybridized carbons (Fsp3) is 0.176. The Morgan fingerprint density at radius 3 is 2.74 bits per heavy atom. The average molecular weight is 322 g/mol. The number of benzene rings is 1. The summed E-state index contributed by atoms with van der Waals surface area (Å²) in [5.41, 5.74) is 4.99. The number of pyridine rings is 1. The molecule has 0 amide bonds. The van der Waals surface area contributed by atoms with Gasteiger partial charge in [-0.3, -0.25) is 4.79 Å². The number of nitrogens with one attached hydrogen (secondary N) is 1. The van der Waals surface area contributed by atoms with Gasteiger partial charge in [-0.2, -0.15) is 0 Å². The lowest BCUT2D eigenvalue weighted by atomic mass is 9.97. The third kappa shape index (κ3) is 2.22. The van der Waals surface area contributed by atoms with E-state index in [4.69, 9.17) is 4.98 Å². The lowest BCUT2D eigenvalue weighted by Crippen LogP contribution is -2.07. The van der Waals surface area contributed by atoms with Gasteiger partial charge in [0.25, 0.3) is 5.56 Å². The molecule has 0 aliphatic rings. The maximum atomic E-state index is 11.9. The minimum atomic E-state index is -0.209. The van der Waals surface area contributed by atoms with E-state index in [0.717, 1.165) is 27.9 Å². The van der Waals surface area contributed by atoms with Gasteiger partial charge in [-0.25, -0.2) is 10.1 Å². The molecule has 0 spiro atoms. The second-order valence-corrected chi connectivity index (χ2v) is 6.56. The molecule has 23 heavy (non-hydrogen) atoms. The lowest BCUT2D eigenvalue weighted by Gasteiger charge is -2.10. The normalized spacial score (nSPS) is 11.4. The zero-order valence-electron chi connectivity index (χ0n) is 12.8. The number of hydrogen-bond donors (Lipinski definition) is 1. The van der Waals surface area contributed by atoms with Crippen LogP contribution in [0.1, 0.15) is 22.4 Å². The van der Waals surface area contributed by atoms with Crippen molar-refractivity contribution in [3.63, 3.8) is 0 Å². The number of thiophene rings is 1. The Balaban J connectivity index is 2.00. The fourth-order valence-corrected chi connectivity index (χ4v) is 4.06. The first-order chi connectivity index (χ1) is 11.1. The van der Waals surface area contributed by atoms with Crippen molar-refractivity contribution in [1.82, 2.24) is 20.4 Å². The number of aryl methyl sites for hydroxylation is 2. The molecule has 5 nitrogen and oxygen atoms in total. The Morgan fingerprint density at radius 1 is 1.17 bits per heavy atom. The van der Waals surface area contributed by atoms with Gasteiger partial charge in [-0.05, 0) is 37.0 Å². The van der Waals surface area contributed by atoms with Gasteiger partial charge in [0.15, 0.2) is 0 Å². The Labute approximate surface area is 136 Å². The van der Waals surface area contributed by atoms with Crippen LogP contribution in [0.5, 0.6) is 0 Å². The Bertz CT molecular complexity index is 1080. The van der Waals surface area contributed by atoms with Crippen LogP contribution in [-0.2, 0) is 6.42 Å². The predicted molar refractivity (Wildman–Crippen MR) is 92.1 cm³/mol. The molecular formula is C17H14N4OS. The van der Waals surface area contributed by atoms with Crippen LogP contribution in [0.4, 0.5) is 0 Å². The largest absolute Gasteiger partial charge is 0.285 e. The lowest BCUT2D eigenvalue weighted by molar-refractivity contribution is 0.876. The van der Waals surface area contributed by atoms with E-state index in [2.05, 4.69) is 34.5 Å². The number of H-pyrrole nitrogens is 1. The molecule has 0 saturated carbocycles. The summed E-state index contributed by atoms with van der Waals surface area (Å²) in [5, 5.41) is 11.2. The molecule has 0 saturated heterocycles. The third-order valence-corrected chi connectivity index (χ3v) is 5.20. The van der Waals surface area contributed by atoms with Crippen LogP contribution in [-0.4, -0.2) is 20.4 Å². The first kappa shape index (κ1) is 14.0. The van der Waals surface area contributed by atoms with Crippen LogP contribution in [0.3, 0.4) is 0 Å². The van der Waals surface area contributed by atoms with E-state index in [9.17, 15) is 4.79 Å². The van der Waals surface area contributed by atoms with Crippen molar-refractivity contribution in [2.24, 2.45) is 0 Å². The van der Waals surface area contributed by atoms with E-state index in [-0.39, 0.29) is 5.56 Å². The summed E-state index contributed by atoms with van der Waals surface area (Å²) in [4.78, 5) is 17.5. The molecule has 0 radical (unpaired) electrons. The average Bonchev–Trinajstić information content (AvgIpc) is 2.92.